The van der Waals surface area contributed by atoms with Crippen molar-refractivity contribution >= 4 is 29.0 Å². The number of hydrogen-bond acceptors (Lipinski definition) is 3. The number of carbonyl (C=O) groups excluding carboxylic acids is 1. The molecule has 19 heavy (non-hydrogen) atoms. The molecule has 0 bridgehead atoms. The zero-order valence-corrected chi connectivity index (χ0v) is 11.4. The maximum absolute atomic E-state index is 14.4. The van der Waals surface area contributed by atoms with E-state index in [0.717, 1.165) is 4.68 Å². The number of carbonyl (C=O) groups is 1. The van der Waals surface area contributed by atoms with Crippen LogP contribution in [0.5, 0.6) is 0 Å². The highest BCUT2D eigenvalue weighted by Crippen LogP contribution is 2.35. The molecule has 1 heterocycles. The van der Waals surface area contributed by atoms with Gasteiger partial charge in [0.1, 0.15) is 18.4 Å². The first-order valence-corrected chi connectivity index (χ1v) is 6.20. The summed E-state index contributed by atoms with van der Waals surface area (Å²) < 4.78 is 15.4. The van der Waals surface area contributed by atoms with E-state index < -0.39 is 12.2 Å². The number of nitrogens with zero attached hydrogens (tertiary/aromatic N) is 3. The van der Waals surface area contributed by atoms with Crippen molar-refractivity contribution in [3.8, 4) is 0 Å². The van der Waals surface area contributed by atoms with Crippen molar-refractivity contribution in [2.45, 2.75) is 19.1 Å². The van der Waals surface area contributed by atoms with Gasteiger partial charge < -0.3 is 0 Å². The standard InChI is InChI=1S/C12H10Cl2FN3O/c1-7(19)11(12(15)18-6-16-5-17-18)9-3-2-8(13)4-10(9)14/h2-6,11-12H,1H3. The average molecular weight is 302 g/mol. The summed E-state index contributed by atoms with van der Waals surface area (Å²) in [5.41, 5.74) is 0.376. The van der Waals surface area contributed by atoms with E-state index in [1.54, 1.807) is 12.1 Å². The molecule has 0 saturated carbocycles. The number of benzene rings is 1. The van der Waals surface area contributed by atoms with Crippen LogP contribution in [0.25, 0.3) is 0 Å². The van der Waals surface area contributed by atoms with Gasteiger partial charge in [-0.25, -0.2) is 14.1 Å². The smallest absolute Gasteiger partial charge is 0.207 e. The predicted octanol–water partition coefficient (Wildman–Crippen LogP) is 3.43. The molecule has 0 aliphatic carbocycles. The third kappa shape index (κ3) is 2.93. The van der Waals surface area contributed by atoms with Crippen molar-refractivity contribution in [2.75, 3.05) is 0 Å². The number of ketones is 1. The molecule has 2 rings (SSSR count). The molecule has 1 aromatic heterocycles. The second-order valence-corrected chi connectivity index (χ2v) is 4.85. The van der Waals surface area contributed by atoms with Crippen LogP contribution in [-0.2, 0) is 4.79 Å². The summed E-state index contributed by atoms with van der Waals surface area (Å²) >= 11 is 11.8. The van der Waals surface area contributed by atoms with Gasteiger partial charge >= 0.3 is 0 Å². The summed E-state index contributed by atoms with van der Waals surface area (Å²) in [5, 5.41) is 4.37. The van der Waals surface area contributed by atoms with E-state index >= 15 is 0 Å². The molecule has 4 nitrogen and oxygen atoms in total. The summed E-state index contributed by atoms with van der Waals surface area (Å²) in [4.78, 5) is 15.4. The highest BCUT2D eigenvalue weighted by Gasteiger charge is 2.31. The van der Waals surface area contributed by atoms with Crippen LogP contribution in [0.15, 0.2) is 30.9 Å². The van der Waals surface area contributed by atoms with Gasteiger partial charge in [-0.3, -0.25) is 4.79 Å². The van der Waals surface area contributed by atoms with E-state index in [-0.39, 0.29) is 10.8 Å². The highest BCUT2D eigenvalue weighted by atomic mass is 35.5. The normalized spacial score (nSPS) is 14.1. The Hall–Kier alpha value is -1.46. The summed E-state index contributed by atoms with van der Waals surface area (Å²) in [6.07, 6.45) is 0.746. The number of Topliss-reactive ketones (excluding diaryl/α,β-unsaturated/α-hetero) is 1. The minimum absolute atomic E-state index is 0.246. The Labute approximate surface area is 119 Å². The first-order valence-electron chi connectivity index (χ1n) is 5.44. The van der Waals surface area contributed by atoms with Crippen LogP contribution in [-0.4, -0.2) is 20.5 Å². The van der Waals surface area contributed by atoms with Crippen molar-refractivity contribution in [1.29, 1.82) is 0 Å². The molecule has 2 aromatic rings. The molecule has 1 aromatic carbocycles. The molecule has 100 valence electrons. The predicted molar refractivity (Wildman–Crippen MR) is 70.1 cm³/mol. The maximum Gasteiger partial charge on any atom is 0.207 e. The van der Waals surface area contributed by atoms with E-state index in [1.807, 2.05) is 0 Å². The SMILES string of the molecule is CC(=O)C(c1ccc(Cl)cc1Cl)C(F)n1cncn1. The Morgan fingerprint density at radius 2 is 2.16 bits per heavy atom. The number of alkyl halides is 1. The molecule has 0 aliphatic heterocycles. The molecule has 7 heteroatoms. The molecule has 0 N–H and O–H groups in total. The maximum atomic E-state index is 14.4. The Kier molecular flexibility index (Phi) is 4.17. The van der Waals surface area contributed by atoms with Gasteiger partial charge in [0, 0.05) is 10.0 Å². The summed E-state index contributed by atoms with van der Waals surface area (Å²) in [6.45, 7) is 1.30. The Morgan fingerprint density at radius 3 is 2.68 bits per heavy atom. The molecule has 0 fully saturated rings. The summed E-state index contributed by atoms with van der Waals surface area (Å²) in [7, 11) is 0. The van der Waals surface area contributed by atoms with Crippen LogP contribution in [0.4, 0.5) is 4.39 Å². The number of rotatable bonds is 4. The number of halogens is 3. The third-order valence-electron chi connectivity index (χ3n) is 2.70. The van der Waals surface area contributed by atoms with Crippen LogP contribution in [0.2, 0.25) is 10.0 Å². The topological polar surface area (TPSA) is 47.8 Å². The summed E-state index contributed by atoms with van der Waals surface area (Å²) in [6, 6.07) is 4.58. The van der Waals surface area contributed by atoms with Crippen molar-refractivity contribution in [3.63, 3.8) is 0 Å². The van der Waals surface area contributed by atoms with Crippen LogP contribution < -0.4 is 0 Å². The lowest BCUT2D eigenvalue weighted by Crippen LogP contribution is -2.21. The lowest BCUT2D eigenvalue weighted by Gasteiger charge is -2.20. The first kappa shape index (κ1) is 14.0. The zero-order valence-electron chi connectivity index (χ0n) is 9.93. The van der Waals surface area contributed by atoms with Crippen molar-refractivity contribution < 1.29 is 9.18 Å². The summed E-state index contributed by atoms with van der Waals surface area (Å²) in [5.74, 6) is -1.40. The fourth-order valence-electron chi connectivity index (χ4n) is 1.81. The van der Waals surface area contributed by atoms with E-state index in [0.29, 0.717) is 10.6 Å². The van der Waals surface area contributed by atoms with Crippen LogP contribution in [0.3, 0.4) is 0 Å². The molecule has 0 spiro atoms. The van der Waals surface area contributed by atoms with Crippen molar-refractivity contribution in [3.05, 3.63) is 46.5 Å². The fourth-order valence-corrected chi connectivity index (χ4v) is 2.34. The molecular formula is C12H10Cl2FN3O. The molecule has 2 unspecified atom stereocenters. The van der Waals surface area contributed by atoms with Crippen LogP contribution >= 0.6 is 23.2 Å². The van der Waals surface area contributed by atoms with Crippen molar-refractivity contribution in [2.24, 2.45) is 0 Å². The molecule has 0 amide bonds. The minimum Gasteiger partial charge on any atom is -0.299 e. The molecule has 2 atom stereocenters. The van der Waals surface area contributed by atoms with Gasteiger partial charge in [0.05, 0.1) is 5.92 Å². The van der Waals surface area contributed by atoms with E-state index in [1.165, 1.54) is 25.6 Å². The van der Waals surface area contributed by atoms with Gasteiger partial charge in [-0.2, -0.15) is 5.10 Å². The van der Waals surface area contributed by atoms with E-state index in [4.69, 9.17) is 23.2 Å². The Morgan fingerprint density at radius 1 is 1.42 bits per heavy atom. The zero-order chi connectivity index (χ0) is 14.0. The Bertz CT molecular complexity index is 589. The lowest BCUT2D eigenvalue weighted by atomic mass is 9.94. The van der Waals surface area contributed by atoms with Crippen molar-refractivity contribution in [1.82, 2.24) is 14.8 Å². The fraction of sp³-hybridized carbons (Fsp3) is 0.250. The molecule has 0 saturated heterocycles. The first-order chi connectivity index (χ1) is 9.00. The van der Waals surface area contributed by atoms with Crippen LogP contribution in [0.1, 0.15) is 24.7 Å². The van der Waals surface area contributed by atoms with Gasteiger partial charge in [0.25, 0.3) is 0 Å². The monoisotopic (exact) mass is 301 g/mol. The second kappa shape index (κ2) is 5.67. The van der Waals surface area contributed by atoms with Gasteiger partial charge in [-0.15, -0.1) is 0 Å². The van der Waals surface area contributed by atoms with Gasteiger partial charge in [-0.1, -0.05) is 29.3 Å². The Balaban J connectivity index is 2.43. The quantitative estimate of drug-likeness (QED) is 0.869. The molecular weight excluding hydrogens is 292 g/mol. The van der Waals surface area contributed by atoms with Crippen LogP contribution in [0, 0.1) is 0 Å². The lowest BCUT2D eigenvalue weighted by molar-refractivity contribution is -0.120. The minimum atomic E-state index is -1.67. The molecule has 0 aliphatic rings. The highest BCUT2D eigenvalue weighted by molar-refractivity contribution is 6.35. The average Bonchev–Trinajstić information content (AvgIpc) is 2.85. The van der Waals surface area contributed by atoms with Gasteiger partial charge in [-0.05, 0) is 24.6 Å². The third-order valence-corrected chi connectivity index (χ3v) is 3.26. The van der Waals surface area contributed by atoms with E-state index in [9.17, 15) is 9.18 Å². The number of aromatic nitrogens is 3. The molecule has 0 radical (unpaired) electrons. The second-order valence-electron chi connectivity index (χ2n) is 4.00. The number of hydrogen-bond donors (Lipinski definition) is 0. The van der Waals surface area contributed by atoms with Gasteiger partial charge in [0.2, 0.25) is 6.30 Å². The van der Waals surface area contributed by atoms with E-state index in [2.05, 4.69) is 10.1 Å². The van der Waals surface area contributed by atoms with Gasteiger partial charge in [0.15, 0.2) is 0 Å². The largest absolute Gasteiger partial charge is 0.299 e.